The number of hydrogen-bond donors (Lipinski definition) is 3. The fourth-order valence-corrected chi connectivity index (χ4v) is 2.93. The summed E-state index contributed by atoms with van der Waals surface area (Å²) in [6.07, 6.45) is 3.48. The van der Waals surface area contributed by atoms with Crippen LogP contribution in [0.5, 0.6) is 0 Å². The highest BCUT2D eigenvalue weighted by molar-refractivity contribution is 6.04. The van der Waals surface area contributed by atoms with Gasteiger partial charge >= 0.3 is 0 Å². The van der Waals surface area contributed by atoms with Crippen molar-refractivity contribution in [2.75, 3.05) is 5.32 Å². The average Bonchev–Trinajstić information content (AvgIpc) is 3.21. The number of anilines is 1. The average molecular weight is 360 g/mol. The van der Waals surface area contributed by atoms with Gasteiger partial charge in [-0.05, 0) is 51.5 Å². The number of nitrogens with zero attached hydrogens (tertiary/aromatic N) is 3. The van der Waals surface area contributed by atoms with Crippen molar-refractivity contribution >= 4 is 22.6 Å². The lowest BCUT2D eigenvalue weighted by molar-refractivity contribution is 0.102. The quantitative estimate of drug-likeness (QED) is 0.517. The van der Waals surface area contributed by atoms with E-state index in [2.05, 4.69) is 36.5 Å². The number of amides is 1. The molecule has 0 aliphatic rings. The Kier molecular flexibility index (Phi) is 3.99. The molecule has 3 N–H and O–H groups in total. The Hall–Kier alpha value is -3.48. The summed E-state index contributed by atoms with van der Waals surface area (Å²) in [5.41, 5.74) is 7.59. The molecule has 0 saturated carbocycles. The number of aromatic nitrogens is 5. The Morgan fingerprint density at radius 1 is 1.04 bits per heavy atom. The van der Waals surface area contributed by atoms with E-state index in [-0.39, 0.29) is 5.91 Å². The van der Waals surface area contributed by atoms with Gasteiger partial charge in [-0.2, -0.15) is 5.10 Å². The highest BCUT2D eigenvalue weighted by atomic mass is 16.1. The van der Waals surface area contributed by atoms with Crippen LogP contribution in [0, 0.1) is 27.7 Å². The van der Waals surface area contributed by atoms with E-state index in [9.17, 15) is 4.79 Å². The van der Waals surface area contributed by atoms with E-state index in [1.54, 1.807) is 6.20 Å². The van der Waals surface area contributed by atoms with Crippen LogP contribution in [0.4, 0.5) is 5.69 Å². The van der Waals surface area contributed by atoms with Gasteiger partial charge in [-0.25, -0.2) is 4.98 Å². The van der Waals surface area contributed by atoms with Gasteiger partial charge in [0.25, 0.3) is 5.91 Å². The fraction of sp³-hybridized carbons (Fsp3) is 0.200. The monoisotopic (exact) mass is 360 g/mol. The van der Waals surface area contributed by atoms with Gasteiger partial charge in [0, 0.05) is 39.8 Å². The molecule has 1 amide bonds. The second kappa shape index (κ2) is 6.35. The first-order valence-electron chi connectivity index (χ1n) is 8.67. The zero-order valence-electron chi connectivity index (χ0n) is 15.6. The van der Waals surface area contributed by atoms with Gasteiger partial charge in [-0.3, -0.25) is 14.9 Å². The van der Waals surface area contributed by atoms with Gasteiger partial charge in [0.15, 0.2) is 5.69 Å². The van der Waals surface area contributed by atoms with Gasteiger partial charge < -0.3 is 10.3 Å². The van der Waals surface area contributed by atoms with E-state index in [4.69, 9.17) is 0 Å². The maximum Gasteiger partial charge on any atom is 0.276 e. The molecule has 0 atom stereocenters. The number of fused-ring (bicyclic) bond motifs is 1. The van der Waals surface area contributed by atoms with Gasteiger partial charge in [0.1, 0.15) is 5.65 Å². The third kappa shape index (κ3) is 3.08. The third-order valence-electron chi connectivity index (χ3n) is 4.85. The van der Waals surface area contributed by atoms with Gasteiger partial charge in [0.05, 0.1) is 11.9 Å². The van der Waals surface area contributed by atoms with Crippen molar-refractivity contribution in [2.24, 2.45) is 0 Å². The van der Waals surface area contributed by atoms with Gasteiger partial charge in [0.2, 0.25) is 0 Å². The van der Waals surface area contributed by atoms with E-state index in [1.807, 2.05) is 46.0 Å². The molecule has 136 valence electrons. The molecule has 0 bridgehead atoms. The lowest BCUT2D eigenvalue weighted by Gasteiger charge is -2.03. The summed E-state index contributed by atoms with van der Waals surface area (Å²) in [6, 6.07) is 6.00. The topological polar surface area (TPSA) is 99.4 Å². The summed E-state index contributed by atoms with van der Waals surface area (Å²) in [5, 5.41) is 10.7. The maximum atomic E-state index is 12.4. The molecule has 4 rings (SSSR count). The minimum absolute atomic E-state index is 0.257. The van der Waals surface area contributed by atoms with Crippen molar-refractivity contribution in [1.82, 2.24) is 25.1 Å². The highest BCUT2D eigenvalue weighted by Gasteiger charge is 2.15. The van der Waals surface area contributed by atoms with Crippen molar-refractivity contribution in [3.63, 3.8) is 0 Å². The molecule has 0 aromatic carbocycles. The van der Waals surface area contributed by atoms with Crippen LogP contribution in [0.2, 0.25) is 0 Å². The summed E-state index contributed by atoms with van der Waals surface area (Å²) < 4.78 is 0. The highest BCUT2D eigenvalue weighted by Crippen LogP contribution is 2.25. The van der Waals surface area contributed by atoms with Crippen molar-refractivity contribution in [2.45, 2.75) is 27.7 Å². The second-order valence-corrected chi connectivity index (χ2v) is 6.75. The van der Waals surface area contributed by atoms with Crippen molar-refractivity contribution in [3.05, 3.63) is 58.8 Å². The molecule has 0 aliphatic carbocycles. The number of aryl methyl sites for hydroxylation is 3. The SMILES string of the molecule is Cc1cc(-c2cc3cc(NC(=O)c4n[nH]c(C)c4C)cnc3[nH]2)cnc1C. The van der Waals surface area contributed by atoms with E-state index < -0.39 is 0 Å². The number of carbonyl (C=O) groups is 1. The van der Waals surface area contributed by atoms with Crippen molar-refractivity contribution in [1.29, 1.82) is 0 Å². The van der Waals surface area contributed by atoms with Crippen LogP contribution >= 0.6 is 0 Å². The first-order valence-corrected chi connectivity index (χ1v) is 8.67. The maximum absolute atomic E-state index is 12.4. The summed E-state index contributed by atoms with van der Waals surface area (Å²) in [4.78, 5) is 24.6. The molecular weight excluding hydrogens is 340 g/mol. The molecular formula is C20H20N6O. The molecule has 0 saturated heterocycles. The number of carbonyl (C=O) groups excluding carboxylic acids is 1. The lowest BCUT2D eigenvalue weighted by Crippen LogP contribution is -2.13. The Labute approximate surface area is 156 Å². The Morgan fingerprint density at radius 2 is 1.85 bits per heavy atom. The largest absolute Gasteiger partial charge is 0.339 e. The first-order chi connectivity index (χ1) is 12.9. The molecule has 0 unspecified atom stereocenters. The standard InChI is InChI=1S/C20H20N6O/c1-10-5-15(8-21-12(10)3)17-7-14-6-16(9-22-19(14)24-17)23-20(27)18-11(2)13(4)25-26-18/h5-9H,1-4H3,(H,22,24)(H,23,27)(H,25,26). The third-order valence-corrected chi connectivity index (χ3v) is 4.85. The van der Waals surface area contributed by atoms with Crippen molar-refractivity contribution in [3.8, 4) is 11.3 Å². The second-order valence-electron chi connectivity index (χ2n) is 6.75. The number of H-pyrrole nitrogens is 2. The van der Waals surface area contributed by atoms with Crippen molar-refractivity contribution < 1.29 is 4.79 Å². The Morgan fingerprint density at radius 3 is 2.56 bits per heavy atom. The number of aromatic amines is 2. The fourth-order valence-electron chi connectivity index (χ4n) is 2.93. The number of rotatable bonds is 3. The minimum atomic E-state index is -0.257. The molecule has 0 radical (unpaired) electrons. The lowest BCUT2D eigenvalue weighted by atomic mass is 10.1. The summed E-state index contributed by atoms with van der Waals surface area (Å²) in [6.45, 7) is 7.78. The molecule has 7 heteroatoms. The van der Waals surface area contributed by atoms with Crippen LogP contribution in [-0.4, -0.2) is 31.1 Å². The first kappa shape index (κ1) is 17.0. The van der Waals surface area contributed by atoms with E-state index in [0.29, 0.717) is 11.4 Å². The van der Waals surface area contributed by atoms with Crippen LogP contribution in [0.1, 0.15) is 33.0 Å². The summed E-state index contributed by atoms with van der Waals surface area (Å²) in [7, 11) is 0. The van der Waals surface area contributed by atoms with Crippen LogP contribution < -0.4 is 5.32 Å². The van der Waals surface area contributed by atoms with Crippen LogP contribution in [0.3, 0.4) is 0 Å². The summed E-state index contributed by atoms with van der Waals surface area (Å²) in [5.74, 6) is -0.257. The predicted octanol–water partition coefficient (Wildman–Crippen LogP) is 3.83. The van der Waals surface area contributed by atoms with Gasteiger partial charge in [-0.15, -0.1) is 0 Å². The Bertz CT molecular complexity index is 1170. The zero-order valence-corrected chi connectivity index (χ0v) is 15.6. The Balaban J connectivity index is 1.63. The van der Waals surface area contributed by atoms with E-state index >= 15 is 0 Å². The molecule has 4 aromatic rings. The normalized spacial score (nSPS) is 11.1. The minimum Gasteiger partial charge on any atom is -0.339 e. The number of nitrogens with one attached hydrogen (secondary N) is 3. The van der Waals surface area contributed by atoms with Crippen LogP contribution in [-0.2, 0) is 0 Å². The molecule has 4 aromatic heterocycles. The van der Waals surface area contributed by atoms with E-state index in [0.717, 1.165) is 44.8 Å². The molecule has 27 heavy (non-hydrogen) atoms. The van der Waals surface area contributed by atoms with Gasteiger partial charge in [-0.1, -0.05) is 0 Å². The molecule has 7 nitrogen and oxygen atoms in total. The number of pyridine rings is 2. The predicted molar refractivity (Wildman–Crippen MR) is 105 cm³/mol. The van der Waals surface area contributed by atoms with Crippen LogP contribution in [0.15, 0.2) is 30.6 Å². The van der Waals surface area contributed by atoms with Crippen LogP contribution in [0.25, 0.3) is 22.3 Å². The molecule has 0 spiro atoms. The smallest absolute Gasteiger partial charge is 0.276 e. The molecule has 4 heterocycles. The molecule has 0 fully saturated rings. The molecule has 0 aliphatic heterocycles. The summed E-state index contributed by atoms with van der Waals surface area (Å²) >= 11 is 0. The van der Waals surface area contributed by atoms with E-state index in [1.165, 1.54) is 0 Å². The zero-order chi connectivity index (χ0) is 19.1. The number of hydrogen-bond acceptors (Lipinski definition) is 4.